The summed E-state index contributed by atoms with van der Waals surface area (Å²) in [4.78, 5) is 14.8. The van der Waals surface area contributed by atoms with E-state index in [1.807, 2.05) is 78.6 Å². The molecule has 3 aromatic rings. The van der Waals surface area contributed by atoms with Gasteiger partial charge >= 0.3 is 0 Å². The van der Waals surface area contributed by atoms with Crippen LogP contribution in [0.15, 0.2) is 77.4 Å². The molecule has 116 valence electrons. The van der Waals surface area contributed by atoms with Crippen LogP contribution in [0.5, 0.6) is 0 Å². The van der Waals surface area contributed by atoms with Crippen LogP contribution in [-0.2, 0) is 13.1 Å². The van der Waals surface area contributed by atoms with E-state index in [9.17, 15) is 4.79 Å². The highest BCUT2D eigenvalue weighted by molar-refractivity contribution is 5.95. The van der Waals surface area contributed by atoms with E-state index in [0.29, 0.717) is 13.1 Å². The maximum Gasteiger partial charge on any atom is 0.254 e. The molecule has 3 heteroatoms. The average Bonchev–Trinajstić information content (AvgIpc) is 3.08. The second-order valence-electron chi connectivity index (χ2n) is 5.54. The minimum atomic E-state index is 0.0170. The highest BCUT2D eigenvalue weighted by atomic mass is 16.3. The largest absolute Gasteiger partial charge is 0.467 e. The number of carbonyl (C=O) groups excluding carboxylic acids is 1. The van der Waals surface area contributed by atoms with Crippen LogP contribution in [0, 0.1) is 6.92 Å². The Labute approximate surface area is 136 Å². The van der Waals surface area contributed by atoms with Gasteiger partial charge in [0.2, 0.25) is 0 Å². The molecule has 0 spiro atoms. The van der Waals surface area contributed by atoms with E-state index in [1.165, 1.54) is 0 Å². The molecule has 0 unspecified atom stereocenters. The first-order valence-electron chi connectivity index (χ1n) is 7.65. The molecule has 0 aliphatic carbocycles. The fourth-order valence-corrected chi connectivity index (χ4v) is 2.58. The van der Waals surface area contributed by atoms with E-state index in [4.69, 9.17) is 4.42 Å². The van der Waals surface area contributed by atoms with Crippen molar-refractivity contribution < 1.29 is 9.21 Å². The molecule has 0 aliphatic rings. The summed E-state index contributed by atoms with van der Waals surface area (Å²) in [7, 11) is 0. The average molecular weight is 305 g/mol. The standard InChI is InChI=1S/C20H19NO2/c1-16-8-5-6-12-19(16)20(22)21(15-18-11-7-13-23-18)14-17-9-3-2-4-10-17/h2-13H,14-15H2,1H3. The summed E-state index contributed by atoms with van der Waals surface area (Å²) in [5.74, 6) is 0.797. The van der Waals surface area contributed by atoms with Gasteiger partial charge in [-0.15, -0.1) is 0 Å². The molecule has 0 aliphatic heterocycles. The van der Waals surface area contributed by atoms with Crippen LogP contribution < -0.4 is 0 Å². The Kier molecular flexibility index (Phi) is 4.57. The molecule has 3 rings (SSSR count). The third kappa shape index (κ3) is 3.69. The SMILES string of the molecule is Cc1ccccc1C(=O)N(Cc1ccccc1)Cc1ccco1. The minimum absolute atomic E-state index is 0.0170. The molecule has 0 saturated heterocycles. The molecule has 0 atom stereocenters. The number of hydrogen-bond acceptors (Lipinski definition) is 2. The van der Waals surface area contributed by atoms with Gasteiger partial charge in [0.15, 0.2) is 0 Å². The topological polar surface area (TPSA) is 33.5 Å². The van der Waals surface area contributed by atoms with Gasteiger partial charge in [-0.25, -0.2) is 0 Å². The predicted molar refractivity (Wildman–Crippen MR) is 89.9 cm³/mol. The Hall–Kier alpha value is -2.81. The lowest BCUT2D eigenvalue weighted by molar-refractivity contribution is 0.0717. The van der Waals surface area contributed by atoms with Crippen LogP contribution >= 0.6 is 0 Å². The van der Waals surface area contributed by atoms with E-state index in [2.05, 4.69) is 0 Å². The van der Waals surface area contributed by atoms with Crippen molar-refractivity contribution in [3.05, 3.63) is 95.4 Å². The number of rotatable bonds is 5. The molecule has 23 heavy (non-hydrogen) atoms. The number of benzene rings is 2. The molecule has 0 saturated carbocycles. The van der Waals surface area contributed by atoms with Gasteiger partial charge < -0.3 is 9.32 Å². The van der Waals surface area contributed by atoms with Crippen LogP contribution in [-0.4, -0.2) is 10.8 Å². The number of nitrogens with zero attached hydrogens (tertiary/aromatic N) is 1. The molecule has 1 aromatic heterocycles. The Balaban J connectivity index is 1.88. The van der Waals surface area contributed by atoms with Crippen molar-refractivity contribution in [2.75, 3.05) is 0 Å². The van der Waals surface area contributed by atoms with Crippen LogP contribution in [0.3, 0.4) is 0 Å². The Morgan fingerprint density at radius 3 is 2.35 bits per heavy atom. The predicted octanol–water partition coefficient (Wildman–Crippen LogP) is 4.43. The summed E-state index contributed by atoms with van der Waals surface area (Å²) in [6, 6.07) is 21.4. The Bertz CT molecular complexity index is 763. The van der Waals surface area contributed by atoms with E-state index in [0.717, 1.165) is 22.5 Å². The molecule has 0 bridgehead atoms. The van der Waals surface area contributed by atoms with Crippen molar-refractivity contribution in [3.63, 3.8) is 0 Å². The molecule has 1 amide bonds. The van der Waals surface area contributed by atoms with Crippen LogP contribution in [0.2, 0.25) is 0 Å². The van der Waals surface area contributed by atoms with Gasteiger partial charge in [-0.3, -0.25) is 4.79 Å². The van der Waals surface area contributed by atoms with Crippen molar-refractivity contribution in [1.82, 2.24) is 4.90 Å². The minimum Gasteiger partial charge on any atom is -0.467 e. The molecule has 3 nitrogen and oxygen atoms in total. The first kappa shape index (κ1) is 15.1. The zero-order valence-electron chi connectivity index (χ0n) is 13.1. The van der Waals surface area contributed by atoms with Gasteiger partial charge in [-0.05, 0) is 36.2 Å². The lowest BCUT2D eigenvalue weighted by atomic mass is 10.1. The number of hydrogen-bond donors (Lipinski definition) is 0. The van der Waals surface area contributed by atoms with Crippen LogP contribution in [0.4, 0.5) is 0 Å². The summed E-state index contributed by atoms with van der Waals surface area (Å²) in [5, 5.41) is 0. The zero-order chi connectivity index (χ0) is 16.1. The maximum absolute atomic E-state index is 13.0. The fraction of sp³-hybridized carbons (Fsp3) is 0.150. The second kappa shape index (κ2) is 6.97. The maximum atomic E-state index is 13.0. The van der Waals surface area contributed by atoms with Crippen molar-refractivity contribution in [2.24, 2.45) is 0 Å². The number of amides is 1. The molecule has 0 radical (unpaired) electrons. The quantitative estimate of drug-likeness (QED) is 0.698. The van der Waals surface area contributed by atoms with Crippen molar-refractivity contribution in [1.29, 1.82) is 0 Å². The van der Waals surface area contributed by atoms with Gasteiger partial charge in [-0.2, -0.15) is 0 Å². The number of aryl methyl sites for hydroxylation is 1. The Morgan fingerprint density at radius 1 is 0.913 bits per heavy atom. The lowest BCUT2D eigenvalue weighted by Crippen LogP contribution is -2.30. The summed E-state index contributed by atoms with van der Waals surface area (Å²) in [5.41, 5.74) is 2.81. The molecular weight excluding hydrogens is 286 g/mol. The van der Waals surface area contributed by atoms with Gasteiger partial charge in [0.1, 0.15) is 5.76 Å². The summed E-state index contributed by atoms with van der Waals surface area (Å²) >= 11 is 0. The third-order valence-corrected chi connectivity index (χ3v) is 3.81. The third-order valence-electron chi connectivity index (χ3n) is 3.81. The molecular formula is C20H19NO2. The zero-order valence-corrected chi connectivity index (χ0v) is 13.1. The first-order chi connectivity index (χ1) is 11.2. The van der Waals surface area contributed by atoms with E-state index < -0.39 is 0 Å². The lowest BCUT2D eigenvalue weighted by Gasteiger charge is -2.23. The monoisotopic (exact) mass is 305 g/mol. The molecule has 0 N–H and O–H groups in total. The molecule has 2 aromatic carbocycles. The summed E-state index contributed by atoms with van der Waals surface area (Å²) in [6.45, 7) is 2.96. The fourth-order valence-electron chi connectivity index (χ4n) is 2.58. The molecule has 1 heterocycles. The van der Waals surface area contributed by atoms with Crippen LogP contribution in [0.1, 0.15) is 27.2 Å². The van der Waals surface area contributed by atoms with Gasteiger partial charge in [0, 0.05) is 12.1 Å². The van der Waals surface area contributed by atoms with Crippen molar-refractivity contribution in [2.45, 2.75) is 20.0 Å². The van der Waals surface area contributed by atoms with Crippen molar-refractivity contribution in [3.8, 4) is 0 Å². The van der Waals surface area contributed by atoms with Gasteiger partial charge in [0.25, 0.3) is 5.91 Å². The number of furan rings is 1. The summed E-state index contributed by atoms with van der Waals surface area (Å²) in [6.07, 6.45) is 1.63. The second-order valence-corrected chi connectivity index (χ2v) is 5.54. The van der Waals surface area contributed by atoms with E-state index in [-0.39, 0.29) is 5.91 Å². The van der Waals surface area contributed by atoms with Gasteiger partial charge in [0.05, 0.1) is 12.8 Å². The normalized spacial score (nSPS) is 10.5. The first-order valence-corrected chi connectivity index (χ1v) is 7.65. The highest BCUT2D eigenvalue weighted by Crippen LogP contribution is 2.16. The van der Waals surface area contributed by atoms with E-state index in [1.54, 1.807) is 6.26 Å². The molecule has 0 fully saturated rings. The summed E-state index contributed by atoms with van der Waals surface area (Å²) < 4.78 is 5.42. The van der Waals surface area contributed by atoms with Crippen LogP contribution in [0.25, 0.3) is 0 Å². The smallest absolute Gasteiger partial charge is 0.254 e. The Morgan fingerprint density at radius 2 is 1.65 bits per heavy atom. The van der Waals surface area contributed by atoms with E-state index >= 15 is 0 Å². The van der Waals surface area contributed by atoms with Crippen molar-refractivity contribution >= 4 is 5.91 Å². The highest BCUT2D eigenvalue weighted by Gasteiger charge is 2.19. The van der Waals surface area contributed by atoms with Gasteiger partial charge in [-0.1, -0.05) is 48.5 Å². The number of carbonyl (C=O) groups is 1.